The van der Waals surface area contributed by atoms with Crippen molar-refractivity contribution < 1.29 is 14.4 Å². The number of allylic oxidation sites excluding steroid dienone is 1. The molecule has 0 aromatic rings. The summed E-state index contributed by atoms with van der Waals surface area (Å²) in [6, 6.07) is 0. The van der Waals surface area contributed by atoms with Gasteiger partial charge in [0.05, 0.1) is 0 Å². The Kier molecular flexibility index (Phi) is 2.98. The molecule has 0 aliphatic carbocycles. The molecule has 0 saturated carbocycles. The lowest BCUT2D eigenvalue weighted by Gasteiger charge is -1.90. The molecule has 0 aliphatic heterocycles. The smallest absolute Gasteiger partial charge is 0.321 e. The summed E-state index contributed by atoms with van der Waals surface area (Å²) >= 11 is 0. The van der Waals surface area contributed by atoms with Crippen molar-refractivity contribution in [2.45, 2.75) is 13.3 Å². The summed E-state index contributed by atoms with van der Waals surface area (Å²) in [5.41, 5.74) is 0. The largest absolute Gasteiger partial charge is 0.348 e. The Hall–Kier alpha value is -0.110. The van der Waals surface area contributed by atoms with E-state index in [-0.39, 0.29) is 0 Å². The van der Waals surface area contributed by atoms with Crippen molar-refractivity contribution in [1.29, 1.82) is 0 Å². The normalized spacial score (nSPS) is 12.9. The molecular formula is C4H9O3P. The predicted octanol–water partition coefficient (Wildman–Crippen LogP) is 1.09. The quantitative estimate of drug-likeness (QED) is 0.558. The van der Waals surface area contributed by atoms with Crippen molar-refractivity contribution in [3.63, 3.8) is 0 Å². The van der Waals surface area contributed by atoms with Crippen LogP contribution in [0.2, 0.25) is 0 Å². The van der Waals surface area contributed by atoms with Crippen molar-refractivity contribution in [3.8, 4) is 0 Å². The summed E-state index contributed by atoms with van der Waals surface area (Å²) in [4.78, 5) is 16.3. The Morgan fingerprint density at radius 2 is 2.12 bits per heavy atom. The van der Waals surface area contributed by atoms with Gasteiger partial charge in [0.2, 0.25) is 0 Å². The van der Waals surface area contributed by atoms with Crippen LogP contribution in [0, 0.1) is 0 Å². The van der Waals surface area contributed by atoms with E-state index in [1.54, 1.807) is 0 Å². The third kappa shape index (κ3) is 5.89. The predicted molar refractivity (Wildman–Crippen MR) is 31.5 cm³/mol. The van der Waals surface area contributed by atoms with Gasteiger partial charge >= 0.3 is 7.60 Å². The summed E-state index contributed by atoms with van der Waals surface area (Å²) in [6.07, 6.45) is 2.10. The molecule has 0 aromatic heterocycles. The van der Waals surface area contributed by atoms with E-state index in [1.807, 2.05) is 6.92 Å². The molecule has 0 rings (SSSR count). The maximum absolute atomic E-state index is 10.00. The fraction of sp³-hybridized carbons (Fsp3) is 0.500. The van der Waals surface area contributed by atoms with Crippen molar-refractivity contribution in [1.82, 2.24) is 0 Å². The van der Waals surface area contributed by atoms with Crippen LogP contribution in [0.3, 0.4) is 0 Å². The van der Waals surface area contributed by atoms with Gasteiger partial charge in [-0.05, 0) is 6.42 Å². The van der Waals surface area contributed by atoms with E-state index < -0.39 is 7.60 Å². The Morgan fingerprint density at radius 3 is 2.25 bits per heavy atom. The number of hydrogen-bond acceptors (Lipinski definition) is 1. The highest BCUT2D eigenvalue weighted by Gasteiger charge is 2.03. The molecule has 0 saturated heterocycles. The third-order valence-corrected chi connectivity index (χ3v) is 1.13. The van der Waals surface area contributed by atoms with Crippen LogP contribution < -0.4 is 0 Å². The van der Waals surface area contributed by atoms with Gasteiger partial charge in [-0.2, -0.15) is 0 Å². The van der Waals surface area contributed by atoms with Gasteiger partial charge in [0.1, 0.15) is 0 Å². The Morgan fingerprint density at radius 1 is 1.62 bits per heavy atom. The molecule has 0 bridgehead atoms. The molecule has 0 amide bonds. The molecule has 0 fully saturated rings. The molecule has 2 N–H and O–H groups in total. The first-order chi connectivity index (χ1) is 3.56. The van der Waals surface area contributed by atoms with Crippen LogP contribution in [-0.4, -0.2) is 9.79 Å². The molecule has 0 heterocycles. The van der Waals surface area contributed by atoms with Gasteiger partial charge in [-0.15, -0.1) is 0 Å². The van der Waals surface area contributed by atoms with Crippen LogP contribution in [0.5, 0.6) is 0 Å². The van der Waals surface area contributed by atoms with Gasteiger partial charge in [0.15, 0.2) is 0 Å². The number of rotatable bonds is 2. The Labute approximate surface area is 48.2 Å². The average molecular weight is 136 g/mol. The minimum Gasteiger partial charge on any atom is -0.321 e. The summed E-state index contributed by atoms with van der Waals surface area (Å²) in [6.45, 7) is 1.81. The second-order valence-electron chi connectivity index (χ2n) is 1.38. The van der Waals surface area contributed by atoms with Crippen molar-refractivity contribution in [2.24, 2.45) is 0 Å². The van der Waals surface area contributed by atoms with Gasteiger partial charge in [-0.25, -0.2) is 0 Å². The van der Waals surface area contributed by atoms with Gasteiger partial charge in [0.25, 0.3) is 0 Å². The van der Waals surface area contributed by atoms with E-state index in [2.05, 4.69) is 0 Å². The summed E-state index contributed by atoms with van der Waals surface area (Å²) in [5, 5.41) is 0. The lowest BCUT2D eigenvalue weighted by atomic mass is 10.5. The highest BCUT2D eigenvalue weighted by atomic mass is 31.2. The first-order valence-electron chi connectivity index (χ1n) is 2.29. The minimum atomic E-state index is -3.86. The van der Waals surface area contributed by atoms with E-state index in [0.29, 0.717) is 6.42 Å². The molecule has 0 aromatic carbocycles. The second kappa shape index (κ2) is 3.02. The van der Waals surface area contributed by atoms with E-state index in [1.165, 1.54) is 6.08 Å². The first-order valence-corrected chi connectivity index (χ1v) is 3.97. The summed E-state index contributed by atoms with van der Waals surface area (Å²) in [7, 11) is -3.86. The Balaban J connectivity index is 3.71. The van der Waals surface area contributed by atoms with Crippen LogP contribution in [-0.2, 0) is 4.57 Å². The van der Waals surface area contributed by atoms with E-state index in [0.717, 1.165) is 5.82 Å². The summed E-state index contributed by atoms with van der Waals surface area (Å²) in [5.74, 6) is 0.910. The minimum absolute atomic E-state index is 0.658. The average Bonchev–Trinajstić information content (AvgIpc) is 1.59. The van der Waals surface area contributed by atoms with E-state index in [9.17, 15) is 4.57 Å². The molecule has 0 radical (unpaired) electrons. The van der Waals surface area contributed by atoms with Crippen LogP contribution in [0.15, 0.2) is 11.9 Å². The molecule has 0 unspecified atom stereocenters. The van der Waals surface area contributed by atoms with Crippen LogP contribution in [0.4, 0.5) is 0 Å². The van der Waals surface area contributed by atoms with Gasteiger partial charge in [-0.3, -0.25) is 4.57 Å². The fourth-order valence-electron chi connectivity index (χ4n) is 0.243. The molecule has 48 valence electrons. The zero-order valence-corrected chi connectivity index (χ0v) is 5.51. The molecule has 0 atom stereocenters. The van der Waals surface area contributed by atoms with Crippen molar-refractivity contribution in [2.75, 3.05) is 0 Å². The van der Waals surface area contributed by atoms with Crippen molar-refractivity contribution >= 4 is 7.60 Å². The molecule has 4 heteroatoms. The highest BCUT2D eigenvalue weighted by molar-refractivity contribution is 7.55. The lowest BCUT2D eigenvalue weighted by Crippen LogP contribution is -1.66. The van der Waals surface area contributed by atoms with Crippen LogP contribution >= 0.6 is 7.60 Å². The van der Waals surface area contributed by atoms with E-state index in [4.69, 9.17) is 9.79 Å². The van der Waals surface area contributed by atoms with Crippen LogP contribution in [0.1, 0.15) is 13.3 Å². The van der Waals surface area contributed by atoms with Crippen molar-refractivity contribution in [3.05, 3.63) is 11.9 Å². The second-order valence-corrected chi connectivity index (χ2v) is 2.86. The zero-order valence-electron chi connectivity index (χ0n) is 4.61. The number of hydrogen-bond donors (Lipinski definition) is 2. The maximum Gasteiger partial charge on any atom is 0.348 e. The van der Waals surface area contributed by atoms with Gasteiger partial charge < -0.3 is 9.79 Å². The fourth-order valence-corrected chi connectivity index (χ4v) is 0.728. The van der Waals surface area contributed by atoms with E-state index >= 15 is 0 Å². The molecule has 0 spiro atoms. The third-order valence-electron chi connectivity index (χ3n) is 0.535. The molecule has 8 heavy (non-hydrogen) atoms. The lowest BCUT2D eigenvalue weighted by molar-refractivity contribution is 0.386. The first kappa shape index (κ1) is 7.89. The zero-order chi connectivity index (χ0) is 6.62. The van der Waals surface area contributed by atoms with Gasteiger partial charge in [-0.1, -0.05) is 13.0 Å². The topological polar surface area (TPSA) is 57.5 Å². The monoisotopic (exact) mass is 136 g/mol. The molecule has 3 nitrogen and oxygen atoms in total. The molecule has 0 aliphatic rings. The molecular weight excluding hydrogens is 127 g/mol. The maximum atomic E-state index is 10.00. The van der Waals surface area contributed by atoms with Gasteiger partial charge in [0, 0.05) is 5.82 Å². The standard InChI is InChI=1S/C4H9O3P/c1-2-3-4-8(5,6)7/h3-4H,2H2,1H3,(H2,5,6,7)/b4-3+. The SMILES string of the molecule is CC/C=C/P(=O)(O)O. The van der Waals surface area contributed by atoms with Crippen LogP contribution in [0.25, 0.3) is 0 Å². The highest BCUT2D eigenvalue weighted by Crippen LogP contribution is 2.35. The Bertz CT molecular complexity index is 123. The summed E-state index contributed by atoms with van der Waals surface area (Å²) < 4.78 is 10.00.